The molecule has 28 heavy (non-hydrogen) atoms. The summed E-state index contributed by atoms with van der Waals surface area (Å²) in [5.41, 5.74) is 2.48. The average molecular weight is 424 g/mol. The fourth-order valence-electron chi connectivity index (χ4n) is 3.18. The molecule has 0 bridgehead atoms. The fourth-order valence-corrected chi connectivity index (χ4v) is 3.31. The van der Waals surface area contributed by atoms with Crippen molar-refractivity contribution in [1.29, 1.82) is 0 Å². The van der Waals surface area contributed by atoms with Crippen molar-refractivity contribution in [3.05, 3.63) is 64.7 Å². The van der Waals surface area contributed by atoms with Crippen molar-refractivity contribution in [3.63, 3.8) is 0 Å². The molecule has 0 aliphatic rings. The monoisotopic (exact) mass is 423 g/mol. The maximum Gasteiger partial charge on any atom is 0.122 e. The van der Waals surface area contributed by atoms with Crippen LogP contribution in [0.5, 0.6) is 5.75 Å². The van der Waals surface area contributed by atoms with Crippen LogP contribution in [0.1, 0.15) is 57.1 Å². The van der Waals surface area contributed by atoms with E-state index >= 15 is 0 Å². The SMILES string of the molecule is CCCCN(CCCC)CCCOc1ccccc1Cc1ccc(Cl)cc1.Cl. The van der Waals surface area contributed by atoms with E-state index in [-0.39, 0.29) is 12.4 Å². The highest BCUT2D eigenvalue weighted by Crippen LogP contribution is 2.22. The molecule has 0 saturated heterocycles. The van der Waals surface area contributed by atoms with Crippen LogP contribution in [0.25, 0.3) is 0 Å². The van der Waals surface area contributed by atoms with Crippen molar-refractivity contribution in [3.8, 4) is 5.75 Å². The van der Waals surface area contributed by atoms with Crippen LogP contribution in [0, 0.1) is 0 Å². The van der Waals surface area contributed by atoms with E-state index < -0.39 is 0 Å². The summed E-state index contributed by atoms with van der Waals surface area (Å²) in [6.07, 6.45) is 7.03. The Hall–Kier alpha value is -1.22. The van der Waals surface area contributed by atoms with Gasteiger partial charge < -0.3 is 9.64 Å². The normalized spacial score (nSPS) is 10.7. The molecule has 2 aromatic rings. The van der Waals surface area contributed by atoms with E-state index in [9.17, 15) is 0 Å². The van der Waals surface area contributed by atoms with E-state index in [1.165, 1.54) is 49.9 Å². The zero-order chi connectivity index (χ0) is 19.3. The highest BCUT2D eigenvalue weighted by atomic mass is 35.5. The maximum atomic E-state index is 6.14. The van der Waals surface area contributed by atoms with Crippen LogP contribution in [0.15, 0.2) is 48.5 Å². The molecule has 0 aromatic heterocycles. The Balaban J connectivity index is 0.00000392. The molecule has 0 atom stereocenters. The number of nitrogens with zero attached hydrogens (tertiary/aromatic N) is 1. The smallest absolute Gasteiger partial charge is 0.122 e. The molecule has 0 saturated carbocycles. The molecule has 0 amide bonds. The number of hydrogen-bond acceptors (Lipinski definition) is 2. The zero-order valence-corrected chi connectivity index (χ0v) is 18.9. The molecule has 2 nitrogen and oxygen atoms in total. The summed E-state index contributed by atoms with van der Waals surface area (Å²) >= 11 is 5.99. The van der Waals surface area contributed by atoms with Gasteiger partial charge in [-0.25, -0.2) is 0 Å². The number of para-hydroxylation sites is 1. The lowest BCUT2D eigenvalue weighted by Crippen LogP contribution is -2.28. The van der Waals surface area contributed by atoms with E-state index in [1.54, 1.807) is 0 Å². The molecule has 4 heteroatoms. The van der Waals surface area contributed by atoms with Gasteiger partial charge in [-0.1, -0.05) is 68.6 Å². The first-order chi connectivity index (χ1) is 13.2. The van der Waals surface area contributed by atoms with Gasteiger partial charge in [-0.2, -0.15) is 0 Å². The first-order valence-corrected chi connectivity index (χ1v) is 10.8. The van der Waals surface area contributed by atoms with E-state index in [4.69, 9.17) is 16.3 Å². The second-order valence-electron chi connectivity index (χ2n) is 7.16. The maximum absolute atomic E-state index is 6.14. The van der Waals surface area contributed by atoms with Crippen LogP contribution in [-0.2, 0) is 6.42 Å². The summed E-state index contributed by atoms with van der Waals surface area (Å²) in [5.74, 6) is 1.00. The van der Waals surface area contributed by atoms with Crippen molar-refractivity contribution in [2.24, 2.45) is 0 Å². The van der Waals surface area contributed by atoms with Gasteiger partial charge in [-0.15, -0.1) is 12.4 Å². The molecule has 0 fully saturated rings. The standard InChI is InChI=1S/C24H34ClNO.ClH/c1-3-5-16-26(17-6-4-2)18-9-19-27-24-11-8-7-10-22(24)20-21-12-14-23(25)15-13-21;/h7-8,10-15H,3-6,9,16-20H2,1-2H3;1H. The van der Waals surface area contributed by atoms with Crippen LogP contribution in [0.4, 0.5) is 0 Å². The molecule has 0 radical (unpaired) electrons. The van der Waals surface area contributed by atoms with Gasteiger partial charge in [0.15, 0.2) is 0 Å². The van der Waals surface area contributed by atoms with Gasteiger partial charge >= 0.3 is 0 Å². The molecule has 0 aliphatic carbocycles. The number of halogens is 2. The van der Waals surface area contributed by atoms with Crippen LogP contribution >= 0.6 is 24.0 Å². The number of unbranched alkanes of at least 4 members (excludes halogenated alkanes) is 2. The molecular formula is C24H35Cl2NO. The lowest BCUT2D eigenvalue weighted by Gasteiger charge is -2.22. The van der Waals surface area contributed by atoms with Crippen molar-refractivity contribution in [1.82, 2.24) is 4.90 Å². The van der Waals surface area contributed by atoms with Crippen molar-refractivity contribution in [2.75, 3.05) is 26.2 Å². The Morgan fingerprint density at radius 2 is 1.43 bits per heavy atom. The number of hydrogen-bond donors (Lipinski definition) is 0. The van der Waals surface area contributed by atoms with Crippen LogP contribution < -0.4 is 4.74 Å². The second kappa shape index (κ2) is 14.7. The van der Waals surface area contributed by atoms with Gasteiger partial charge in [-0.3, -0.25) is 0 Å². The predicted molar refractivity (Wildman–Crippen MR) is 124 cm³/mol. The highest BCUT2D eigenvalue weighted by Gasteiger charge is 2.07. The molecule has 156 valence electrons. The number of rotatable bonds is 13. The Kier molecular flexibility index (Phi) is 13.1. The van der Waals surface area contributed by atoms with Gasteiger partial charge in [0.25, 0.3) is 0 Å². The molecule has 0 unspecified atom stereocenters. The lowest BCUT2D eigenvalue weighted by atomic mass is 10.0. The third kappa shape index (κ3) is 9.32. The summed E-state index contributed by atoms with van der Waals surface area (Å²) in [4.78, 5) is 2.59. The molecule has 2 rings (SSSR count). The fraction of sp³-hybridized carbons (Fsp3) is 0.500. The molecule has 2 aromatic carbocycles. The van der Waals surface area contributed by atoms with Gasteiger partial charge in [0.2, 0.25) is 0 Å². The Bertz CT molecular complexity index is 637. The van der Waals surface area contributed by atoms with Gasteiger partial charge in [0.1, 0.15) is 5.75 Å². The first kappa shape index (κ1) is 24.8. The summed E-state index contributed by atoms with van der Waals surface area (Å²) in [6, 6.07) is 16.4. The lowest BCUT2D eigenvalue weighted by molar-refractivity contribution is 0.228. The molecule has 0 spiro atoms. The predicted octanol–water partition coefficient (Wildman–Crippen LogP) is 7.02. The van der Waals surface area contributed by atoms with Crippen LogP contribution in [0.3, 0.4) is 0 Å². The first-order valence-electron chi connectivity index (χ1n) is 10.4. The summed E-state index contributed by atoms with van der Waals surface area (Å²) in [6.45, 7) is 8.84. The molecule has 0 aliphatic heterocycles. The third-order valence-electron chi connectivity index (χ3n) is 4.81. The highest BCUT2D eigenvalue weighted by molar-refractivity contribution is 6.30. The average Bonchev–Trinajstić information content (AvgIpc) is 2.69. The van der Waals surface area contributed by atoms with Crippen molar-refractivity contribution < 1.29 is 4.74 Å². The summed E-state index contributed by atoms with van der Waals surface area (Å²) in [7, 11) is 0. The molecular weight excluding hydrogens is 389 g/mol. The minimum absolute atomic E-state index is 0. The summed E-state index contributed by atoms with van der Waals surface area (Å²) < 4.78 is 6.14. The van der Waals surface area contributed by atoms with Gasteiger partial charge in [-0.05, 0) is 61.7 Å². The topological polar surface area (TPSA) is 12.5 Å². The minimum atomic E-state index is 0. The number of ether oxygens (including phenoxy) is 1. The minimum Gasteiger partial charge on any atom is -0.493 e. The molecule has 0 N–H and O–H groups in total. The van der Waals surface area contributed by atoms with Gasteiger partial charge in [0.05, 0.1) is 6.61 Å². The van der Waals surface area contributed by atoms with E-state index in [0.29, 0.717) is 0 Å². The van der Waals surface area contributed by atoms with Gasteiger partial charge in [0, 0.05) is 18.0 Å². The summed E-state index contributed by atoms with van der Waals surface area (Å²) in [5, 5.41) is 0.777. The van der Waals surface area contributed by atoms with E-state index in [0.717, 1.165) is 36.8 Å². The molecule has 0 heterocycles. The Morgan fingerprint density at radius 3 is 2.07 bits per heavy atom. The second-order valence-corrected chi connectivity index (χ2v) is 7.60. The largest absolute Gasteiger partial charge is 0.493 e. The zero-order valence-electron chi connectivity index (χ0n) is 17.3. The van der Waals surface area contributed by atoms with Crippen molar-refractivity contribution >= 4 is 24.0 Å². The van der Waals surface area contributed by atoms with Crippen LogP contribution in [-0.4, -0.2) is 31.1 Å². The third-order valence-corrected chi connectivity index (χ3v) is 5.06. The number of benzene rings is 2. The van der Waals surface area contributed by atoms with E-state index in [1.807, 2.05) is 12.1 Å². The van der Waals surface area contributed by atoms with Crippen LogP contribution in [0.2, 0.25) is 5.02 Å². The van der Waals surface area contributed by atoms with E-state index in [2.05, 4.69) is 55.1 Å². The Morgan fingerprint density at radius 1 is 0.821 bits per heavy atom. The van der Waals surface area contributed by atoms with Crippen molar-refractivity contribution in [2.45, 2.75) is 52.4 Å². The Labute approximate surface area is 182 Å². The quantitative estimate of drug-likeness (QED) is 0.320.